The monoisotopic (exact) mass is 380 g/mol. The maximum Gasteiger partial charge on any atom is 0.438 e. The SMILES string of the molecule is O=C(c1cccc([N+](=O)[O-])c1)N1N=C(c2ccncc2)CC1(O)C(F)(F)F. The van der Waals surface area contributed by atoms with E-state index in [1.807, 2.05) is 0 Å². The number of non-ortho nitro benzene ring substituents is 1. The molecule has 1 aromatic carbocycles. The molecule has 1 aliphatic rings. The van der Waals surface area contributed by atoms with E-state index in [-0.39, 0.29) is 16.3 Å². The molecule has 0 bridgehead atoms. The van der Waals surface area contributed by atoms with Crippen molar-refractivity contribution in [2.75, 3.05) is 0 Å². The maximum atomic E-state index is 13.5. The van der Waals surface area contributed by atoms with Crippen LogP contribution in [0.15, 0.2) is 53.9 Å². The largest absolute Gasteiger partial charge is 0.438 e. The fourth-order valence-corrected chi connectivity index (χ4v) is 2.56. The van der Waals surface area contributed by atoms with Crippen molar-refractivity contribution in [3.8, 4) is 0 Å². The average molecular weight is 380 g/mol. The third-order valence-corrected chi connectivity index (χ3v) is 3.95. The lowest BCUT2D eigenvalue weighted by atomic mass is 10.0. The second-order valence-corrected chi connectivity index (χ2v) is 5.70. The molecular formula is C16H11F3N4O4. The topological polar surface area (TPSA) is 109 Å². The number of aromatic nitrogens is 1. The number of carbonyl (C=O) groups is 1. The van der Waals surface area contributed by atoms with Crippen molar-refractivity contribution >= 4 is 17.3 Å². The molecule has 2 aromatic rings. The van der Waals surface area contributed by atoms with E-state index in [1.165, 1.54) is 24.5 Å². The van der Waals surface area contributed by atoms with Gasteiger partial charge in [0.15, 0.2) is 0 Å². The Morgan fingerprint density at radius 2 is 1.93 bits per heavy atom. The van der Waals surface area contributed by atoms with Crippen molar-refractivity contribution in [1.82, 2.24) is 9.99 Å². The van der Waals surface area contributed by atoms with Gasteiger partial charge in [0.2, 0.25) is 0 Å². The number of nitro benzene ring substituents is 1. The number of hydrogen-bond donors (Lipinski definition) is 1. The van der Waals surface area contributed by atoms with Gasteiger partial charge in [-0.05, 0) is 18.2 Å². The summed E-state index contributed by atoms with van der Waals surface area (Å²) >= 11 is 0. The zero-order valence-electron chi connectivity index (χ0n) is 13.4. The predicted molar refractivity (Wildman–Crippen MR) is 85.7 cm³/mol. The van der Waals surface area contributed by atoms with Crippen LogP contribution in [0, 0.1) is 10.1 Å². The van der Waals surface area contributed by atoms with Crippen LogP contribution < -0.4 is 0 Å². The summed E-state index contributed by atoms with van der Waals surface area (Å²) in [4.78, 5) is 26.4. The summed E-state index contributed by atoms with van der Waals surface area (Å²) in [5, 5.41) is 24.7. The van der Waals surface area contributed by atoms with Crippen LogP contribution in [0.3, 0.4) is 0 Å². The standard InChI is InChI=1S/C16H11F3N4O4/c17-16(18,19)15(25)9-13(10-4-6-20-7-5-10)21-22(15)14(24)11-2-1-3-12(8-11)23(26)27/h1-8,25H,9H2. The minimum Gasteiger partial charge on any atom is -0.362 e. The third-order valence-electron chi connectivity index (χ3n) is 3.95. The molecule has 1 aliphatic heterocycles. The summed E-state index contributed by atoms with van der Waals surface area (Å²) < 4.78 is 40.6. The van der Waals surface area contributed by atoms with Gasteiger partial charge in [0.1, 0.15) is 0 Å². The van der Waals surface area contributed by atoms with Crippen LogP contribution in [0.5, 0.6) is 0 Å². The van der Waals surface area contributed by atoms with Crippen molar-refractivity contribution in [2.24, 2.45) is 5.10 Å². The van der Waals surface area contributed by atoms with Crippen LogP contribution in [-0.4, -0.2) is 43.5 Å². The van der Waals surface area contributed by atoms with Gasteiger partial charge in [0, 0.05) is 35.7 Å². The van der Waals surface area contributed by atoms with Gasteiger partial charge in [-0.3, -0.25) is 19.9 Å². The van der Waals surface area contributed by atoms with Crippen LogP contribution in [-0.2, 0) is 0 Å². The normalized spacial score (nSPS) is 19.7. The van der Waals surface area contributed by atoms with E-state index in [4.69, 9.17) is 0 Å². The maximum absolute atomic E-state index is 13.5. The Bertz CT molecular complexity index is 933. The molecule has 1 unspecified atom stereocenters. The third kappa shape index (κ3) is 3.24. The molecule has 8 nitrogen and oxygen atoms in total. The van der Waals surface area contributed by atoms with Gasteiger partial charge in [-0.25, -0.2) is 0 Å². The molecule has 11 heteroatoms. The first-order valence-electron chi connectivity index (χ1n) is 7.49. The lowest BCUT2D eigenvalue weighted by Crippen LogP contribution is -2.56. The zero-order chi connectivity index (χ0) is 19.8. The Kier molecular flexibility index (Phi) is 4.39. The van der Waals surface area contributed by atoms with Gasteiger partial charge in [-0.1, -0.05) is 6.07 Å². The molecule has 0 spiro atoms. The van der Waals surface area contributed by atoms with E-state index in [1.54, 1.807) is 0 Å². The fourth-order valence-electron chi connectivity index (χ4n) is 2.56. The summed E-state index contributed by atoms with van der Waals surface area (Å²) in [6.45, 7) is 0. The lowest BCUT2D eigenvalue weighted by molar-refractivity contribution is -0.384. The van der Waals surface area contributed by atoms with E-state index in [2.05, 4.69) is 10.1 Å². The van der Waals surface area contributed by atoms with Crippen LogP contribution in [0.1, 0.15) is 22.3 Å². The first kappa shape index (κ1) is 18.5. The average Bonchev–Trinajstić information content (AvgIpc) is 3.01. The number of nitro groups is 1. The smallest absolute Gasteiger partial charge is 0.362 e. The number of aliphatic hydroxyl groups is 1. The number of hydrogen-bond acceptors (Lipinski definition) is 6. The number of rotatable bonds is 3. The van der Waals surface area contributed by atoms with Crippen LogP contribution in [0.25, 0.3) is 0 Å². The van der Waals surface area contributed by atoms with Crippen molar-refractivity contribution in [3.05, 3.63) is 70.0 Å². The van der Waals surface area contributed by atoms with Crippen molar-refractivity contribution in [1.29, 1.82) is 0 Å². The molecular weight excluding hydrogens is 369 g/mol. The zero-order valence-corrected chi connectivity index (χ0v) is 13.4. The Morgan fingerprint density at radius 3 is 2.52 bits per heavy atom. The van der Waals surface area contributed by atoms with Gasteiger partial charge in [-0.15, -0.1) is 0 Å². The summed E-state index contributed by atoms with van der Waals surface area (Å²) in [6.07, 6.45) is -3.53. The van der Waals surface area contributed by atoms with E-state index >= 15 is 0 Å². The molecule has 1 atom stereocenters. The van der Waals surface area contributed by atoms with Crippen LogP contribution >= 0.6 is 0 Å². The van der Waals surface area contributed by atoms with Gasteiger partial charge in [0.05, 0.1) is 17.1 Å². The molecule has 27 heavy (non-hydrogen) atoms. The van der Waals surface area contributed by atoms with Gasteiger partial charge in [0.25, 0.3) is 17.3 Å². The summed E-state index contributed by atoms with van der Waals surface area (Å²) in [5.74, 6) is -1.32. The van der Waals surface area contributed by atoms with Gasteiger partial charge < -0.3 is 5.11 Å². The first-order valence-corrected chi connectivity index (χ1v) is 7.49. The number of halogens is 3. The predicted octanol–water partition coefficient (Wildman–Crippen LogP) is 2.49. The number of alkyl halides is 3. The first-order chi connectivity index (χ1) is 12.6. The van der Waals surface area contributed by atoms with Crippen molar-refractivity contribution in [2.45, 2.75) is 18.3 Å². The van der Waals surface area contributed by atoms with Crippen molar-refractivity contribution in [3.63, 3.8) is 0 Å². The summed E-state index contributed by atoms with van der Waals surface area (Å²) in [6, 6.07) is 6.93. The second-order valence-electron chi connectivity index (χ2n) is 5.70. The Morgan fingerprint density at radius 1 is 1.26 bits per heavy atom. The Balaban J connectivity index is 2.06. The van der Waals surface area contributed by atoms with Crippen LogP contribution in [0.2, 0.25) is 0 Å². The lowest BCUT2D eigenvalue weighted by Gasteiger charge is -2.32. The molecule has 1 amide bonds. The fraction of sp³-hybridized carbons (Fsp3) is 0.188. The molecule has 1 N–H and O–H groups in total. The van der Waals surface area contributed by atoms with Crippen LogP contribution in [0.4, 0.5) is 18.9 Å². The number of carbonyl (C=O) groups excluding carboxylic acids is 1. The van der Waals surface area contributed by atoms with Crippen molar-refractivity contribution < 1.29 is 28.0 Å². The summed E-state index contributed by atoms with van der Waals surface area (Å²) in [7, 11) is 0. The number of amides is 1. The Hall–Kier alpha value is -3.34. The molecule has 0 saturated heterocycles. The minimum absolute atomic E-state index is 0.0815. The Labute approximate surface area is 149 Å². The highest BCUT2D eigenvalue weighted by Gasteiger charge is 2.63. The minimum atomic E-state index is -5.21. The summed E-state index contributed by atoms with van der Waals surface area (Å²) in [5.41, 5.74) is -4.38. The number of benzene rings is 1. The highest BCUT2D eigenvalue weighted by Crippen LogP contribution is 2.42. The molecule has 0 fully saturated rings. The molecule has 0 saturated carbocycles. The van der Waals surface area contributed by atoms with Gasteiger partial charge in [-0.2, -0.15) is 23.3 Å². The highest BCUT2D eigenvalue weighted by molar-refractivity contribution is 6.05. The molecule has 3 rings (SSSR count). The number of pyridine rings is 1. The second kappa shape index (κ2) is 6.43. The molecule has 2 heterocycles. The van der Waals surface area contributed by atoms with Gasteiger partial charge >= 0.3 is 6.18 Å². The molecule has 0 aliphatic carbocycles. The van der Waals surface area contributed by atoms with E-state index in [0.29, 0.717) is 0 Å². The highest BCUT2D eigenvalue weighted by atomic mass is 19.4. The molecule has 140 valence electrons. The van der Waals surface area contributed by atoms with E-state index < -0.39 is 40.4 Å². The van der Waals surface area contributed by atoms with E-state index in [9.17, 15) is 33.2 Å². The number of hydrazone groups is 1. The molecule has 1 aromatic heterocycles. The molecule has 0 radical (unpaired) electrons. The van der Waals surface area contributed by atoms with E-state index in [0.717, 1.165) is 24.3 Å². The quantitative estimate of drug-likeness (QED) is 0.650. The number of nitrogens with zero attached hydrogens (tertiary/aromatic N) is 4.